The van der Waals surface area contributed by atoms with Gasteiger partial charge < -0.3 is 5.32 Å². The van der Waals surface area contributed by atoms with Gasteiger partial charge >= 0.3 is 0 Å². The highest BCUT2D eigenvalue weighted by Gasteiger charge is 2.29. The van der Waals surface area contributed by atoms with Crippen LogP contribution in [-0.2, 0) is 11.3 Å². The van der Waals surface area contributed by atoms with E-state index in [1.807, 2.05) is 30.3 Å². The minimum Gasteiger partial charge on any atom is -0.350 e. The van der Waals surface area contributed by atoms with Gasteiger partial charge in [-0.1, -0.05) is 29.4 Å². The normalized spacial score (nSPS) is 15.2. The first-order valence-electron chi connectivity index (χ1n) is 9.66. The summed E-state index contributed by atoms with van der Waals surface area (Å²) in [4.78, 5) is 34.5. The quantitative estimate of drug-likeness (QED) is 0.468. The summed E-state index contributed by atoms with van der Waals surface area (Å²) in [7, 11) is 0. The Hall–Kier alpha value is -3.17. The van der Waals surface area contributed by atoms with E-state index in [0.717, 1.165) is 11.4 Å². The Morgan fingerprint density at radius 3 is 2.84 bits per heavy atom. The van der Waals surface area contributed by atoms with E-state index in [1.165, 1.54) is 18.0 Å². The molecule has 3 aromatic heterocycles. The molecule has 1 aliphatic rings. The molecule has 10 heteroatoms. The molecule has 156 valence electrons. The van der Waals surface area contributed by atoms with Crippen LogP contribution in [0.5, 0.6) is 0 Å². The zero-order chi connectivity index (χ0) is 21.4. The molecule has 1 amide bonds. The molecular weight excluding hydrogens is 436 g/mol. The summed E-state index contributed by atoms with van der Waals surface area (Å²) in [6.07, 6.45) is 3.41. The maximum atomic E-state index is 13.2. The number of aromatic nitrogens is 5. The number of nitrogens with zero attached hydrogens (tertiary/aromatic N) is 5. The van der Waals surface area contributed by atoms with Crippen LogP contribution in [0.3, 0.4) is 0 Å². The first kappa shape index (κ1) is 19.8. The number of pyridine rings is 1. The monoisotopic (exact) mass is 452 g/mol. The number of carbonyl (C=O) groups is 1. The Morgan fingerprint density at radius 1 is 1.23 bits per heavy atom. The summed E-state index contributed by atoms with van der Waals surface area (Å²) >= 11 is 7.44. The van der Waals surface area contributed by atoms with Crippen molar-refractivity contribution in [3.63, 3.8) is 0 Å². The number of amides is 1. The van der Waals surface area contributed by atoms with Gasteiger partial charge in [-0.15, -0.1) is 0 Å². The number of hydrogen-bond donors (Lipinski definition) is 1. The zero-order valence-corrected chi connectivity index (χ0v) is 17.8. The maximum absolute atomic E-state index is 13.2. The van der Waals surface area contributed by atoms with Crippen LogP contribution in [-0.4, -0.2) is 36.0 Å². The Balaban J connectivity index is 1.39. The summed E-state index contributed by atoms with van der Waals surface area (Å²) in [5.41, 5.74) is 1.86. The fourth-order valence-electron chi connectivity index (χ4n) is 3.53. The van der Waals surface area contributed by atoms with E-state index in [-0.39, 0.29) is 23.9 Å². The second kappa shape index (κ2) is 8.16. The molecule has 1 atom stereocenters. The van der Waals surface area contributed by atoms with Crippen molar-refractivity contribution in [2.24, 2.45) is 0 Å². The van der Waals surface area contributed by atoms with E-state index in [0.29, 0.717) is 33.5 Å². The highest BCUT2D eigenvalue weighted by Crippen LogP contribution is 2.33. The lowest BCUT2D eigenvalue weighted by atomic mass is 10.2. The molecule has 1 unspecified atom stereocenters. The maximum Gasteiger partial charge on any atom is 0.265 e. The van der Waals surface area contributed by atoms with Crippen molar-refractivity contribution in [3.8, 4) is 5.69 Å². The molecule has 5 rings (SSSR count). The molecule has 0 saturated heterocycles. The molecule has 4 heterocycles. The third-order valence-electron chi connectivity index (χ3n) is 5.06. The Kier molecular flexibility index (Phi) is 5.21. The lowest BCUT2D eigenvalue weighted by Crippen LogP contribution is -2.30. The van der Waals surface area contributed by atoms with Gasteiger partial charge in [-0.05, 0) is 36.4 Å². The van der Waals surface area contributed by atoms with Crippen molar-refractivity contribution in [2.75, 3.05) is 5.75 Å². The summed E-state index contributed by atoms with van der Waals surface area (Å²) in [6.45, 7) is 0.354. The fourth-order valence-corrected chi connectivity index (χ4v) is 4.79. The second-order valence-corrected chi connectivity index (χ2v) is 8.53. The number of hydrogen-bond acceptors (Lipinski definition) is 6. The van der Waals surface area contributed by atoms with Gasteiger partial charge in [0.15, 0.2) is 10.8 Å². The minimum absolute atomic E-state index is 0.132. The molecule has 4 aromatic rings. The standard InChI is InChI=1S/C21H17ClN6O2S/c22-13-4-6-15(7-5-13)28-19-17(11-25-28)20(30)27-16(12-31-21(27)26-19)9-18(29)24-10-14-3-1-2-8-23-14/h1-8,11,16H,9-10,12H2,(H,24,29). The van der Waals surface area contributed by atoms with E-state index in [1.54, 1.807) is 27.6 Å². The molecule has 0 fully saturated rings. The lowest BCUT2D eigenvalue weighted by molar-refractivity contribution is -0.121. The van der Waals surface area contributed by atoms with Crippen molar-refractivity contribution in [1.82, 2.24) is 29.6 Å². The van der Waals surface area contributed by atoms with Crippen molar-refractivity contribution in [3.05, 3.63) is 75.9 Å². The van der Waals surface area contributed by atoms with Crippen molar-refractivity contribution < 1.29 is 4.79 Å². The van der Waals surface area contributed by atoms with Gasteiger partial charge in [0.05, 0.1) is 30.2 Å². The van der Waals surface area contributed by atoms with Crippen LogP contribution >= 0.6 is 23.4 Å². The third kappa shape index (κ3) is 3.82. The Morgan fingerprint density at radius 2 is 2.06 bits per heavy atom. The average Bonchev–Trinajstić information content (AvgIpc) is 3.39. The summed E-state index contributed by atoms with van der Waals surface area (Å²) in [5.74, 6) is 0.480. The highest BCUT2D eigenvalue weighted by molar-refractivity contribution is 7.99. The minimum atomic E-state index is -0.257. The van der Waals surface area contributed by atoms with Crippen LogP contribution in [0.2, 0.25) is 5.02 Å². The average molecular weight is 453 g/mol. The zero-order valence-electron chi connectivity index (χ0n) is 16.2. The highest BCUT2D eigenvalue weighted by atomic mass is 35.5. The molecule has 31 heavy (non-hydrogen) atoms. The summed E-state index contributed by atoms with van der Waals surface area (Å²) in [5, 5.41) is 8.85. The largest absolute Gasteiger partial charge is 0.350 e. The first-order chi connectivity index (χ1) is 15.1. The van der Waals surface area contributed by atoms with Gasteiger partial charge in [-0.25, -0.2) is 9.67 Å². The van der Waals surface area contributed by atoms with Crippen molar-refractivity contribution in [1.29, 1.82) is 0 Å². The van der Waals surface area contributed by atoms with Crippen LogP contribution < -0.4 is 10.9 Å². The molecule has 0 spiro atoms. The van der Waals surface area contributed by atoms with Gasteiger partial charge in [0.1, 0.15) is 5.39 Å². The number of thioether (sulfide) groups is 1. The lowest BCUT2D eigenvalue weighted by Gasteiger charge is -2.13. The second-order valence-electron chi connectivity index (χ2n) is 7.11. The SMILES string of the molecule is O=C(CC1CSc2nc3c(cnn3-c3ccc(Cl)cc3)c(=O)n21)NCc1ccccn1. The van der Waals surface area contributed by atoms with Crippen LogP contribution in [0.1, 0.15) is 18.2 Å². The van der Waals surface area contributed by atoms with E-state index in [9.17, 15) is 9.59 Å². The molecule has 0 radical (unpaired) electrons. The fraction of sp³-hybridized carbons (Fsp3) is 0.190. The van der Waals surface area contributed by atoms with Gasteiger partial charge in [0.25, 0.3) is 5.56 Å². The molecule has 1 aliphatic heterocycles. The number of benzene rings is 1. The van der Waals surface area contributed by atoms with E-state index >= 15 is 0 Å². The van der Waals surface area contributed by atoms with Gasteiger partial charge in [0.2, 0.25) is 5.91 Å². The Bertz CT molecular complexity index is 1320. The molecule has 1 N–H and O–H groups in total. The van der Waals surface area contributed by atoms with E-state index in [4.69, 9.17) is 11.6 Å². The smallest absolute Gasteiger partial charge is 0.265 e. The summed E-state index contributed by atoms with van der Waals surface area (Å²) < 4.78 is 3.24. The van der Waals surface area contributed by atoms with Gasteiger partial charge in [-0.3, -0.25) is 19.1 Å². The number of nitrogens with one attached hydrogen (secondary N) is 1. The van der Waals surface area contributed by atoms with Crippen LogP contribution in [0.4, 0.5) is 0 Å². The molecule has 0 saturated carbocycles. The van der Waals surface area contributed by atoms with Crippen molar-refractivity contribution in [2.45, 2.75) is 24.2 Å². The van der Waals surface area contributed by atoms with Crippen LogP contribution in [0.25, 0.3) is 16.7 Å². The molecular formula is C21H17ClN6O2S. The van der Waals surface area contributed by atoms with Crippen LogP contribution in [0, 0.1) is 0 Å². The predicted molar refractivity (Wildman–Crippen MR) is 119 cm³/mol. The topological polar surface area (TPSA) is 94.7 Å². The summed E-state index contributed by atoms with van der Waals surface area (Å²) in [6, 6.07) is 12.5. The number of rotatable bonds is 5. The van der Waals surface area contributed by atoms with E-state index in [2.05, 4.69) is 20.4 Å². The molecule has 1 aromatic carbocycles. The number of fused-ring (bicyclic) bond motifs is 2. The van der Waals surface area contributed by atoms with Gasteiger partial charge in [0, 0.05) is 23.4 Å². The molecule has 0 bridgehead atoms. The van der Waals surface area contributed by atoms with Crippen molar-refractivity contribution >= 4 is 40.3 Å². The van der Waals surface area contributed by atoms with Crippen LogP contribution in [0.15, 0.2) is 64.8 Å². The van der Waals surface area contributed by atoms with Gasteiger partial charge in [-0.2, -0.15) is 5.10 Å². The first-order valence-corrected chi connectivity index (χ1v) is 11.0. The predicted octanol–water partition coefficient (Wildman–Crippen LogP) is 2.98. The number of carbonyl (C=O) groups excluding carboxylic acids is 1. The number of halogens is 1. The Labute approximate surface area is 186 Å². The third-order valence-corrected chi connectivity index (χ3v) is 6.41. The molecule has 8 nitrogen and oxygen atoms in total. The van der Waals surface area contributed by atoms with E-state index < -0.39 is 0 Å². The molecule has 0 aliphatic carbocycles.